The van der Waals surface area contributed by atoms with Crippen molar-refractivity contribution < 1.29 is 24.3 Å². The van der Waals surface area contributed by atoms with Gasteiger partial charge in [-0.25, -0.2) is 4.90 Å². The van der Waals surface area contributed by atoms with E-state index in [1.54, 1.807) is 42.5 Å². The number of para-hydroxylation sites is 1. The first-order valence-corrected chi connectivity index (χ1v) is 15.4. The molecule has 3 aromatic rings. The summed E-state index contributed by atoms with van der Waals surface area (Å²) >= 11 is 5.02. The highest BCUT2D eigenvalue weighted by Gasteiger charge is 2.67. The number of phenolic OH excluding ortho intramolecular Hbond substituents is 1. The molecule has 2 saturated heterocycles. The van der Waals surface area contributed by atoms with Crippen LogP contribution < -0.4 is 4.90 Å². The Morgan fingerprint density at radius 2 is 1.76 bits per heavy atom. The van der Waals surface area contributed by atoms with Crippen LogP contribution in [-0.4, -0.2) is 33.6 Å². The standard InChI is InChI=1S/C32H27BrN2O5S/c1-32-24(29(38)35(31(32)40)18-6-3-2-4-7-18)15-22-20(27(32)23-14-17(33)9-12-25(23)36)10-11-21-26(22)30(39)34(28(21)37)16-19-8-5-13-41-19/h2-10,12-14,21-22,24,26-27,36H,11,15-16H2,1H3/t21-,22+,24-,26-,27+,32+/m0/s1. The number of aromatic hydroxyl groups is 1. The number of likely N-dealkylation sites (tertiary alicyclic amines) is 1. The van der Waals surface area contributed by atoms with Gasteiger partial charge >= 0.3 is 0 Å². The van der Waals surface area contributed by atoms with Gasteiger partial charge in [0.05, 0.1) is 35.4 Å². The highest BCUT2D eigenvalue weighted by atomic mass is 79.9. The fourth-order valence-corrected chi connectivity index (χ4v) is 8.79. The summed E-state index contributed by atoms with van der Waals surface area (Å²) < 4.78 is 0.729. The molecule has 9 heteroatoms. The van der Waals surface area contributed by atoms with Crippen molar-refractivity contribution in [2.45, 2.75) is 32.2 Å². The van der Waals surface area contributed by atoms with Crippen molar-refractivity contribution in [1.82, 2.24) is 4.90 Å². The Balaban J connectivity index is 1.36. The number of imide groups is 2. The molecule has 0 unspecified atom stereocenters. The Morgan fingerprint density at radius 1 is 0.976 bits per heavy atom. The monoisotopic (exact) mass is 630 g/mol. The number of fused-ring (bicyclic) bond motifs is 4. The van der Waals surface area contributed by atoms with Crippen LogP contribution in [0.4, 0.5) is 5.69 Å². The molecule has 4 aliphatic rings. The van der Waals surface area contributed by atoms with Crippen molar-refractivity contribution in [2.24, 2.45) is 29.1 Å². The summed E-state index contributed by atoms with van der Waals surface area (Å²) in [6, 6.07) is 17.8. The number of phenols is 1. The normalized spacial score (nSPS) is 30.8. The molecule has 2 aliphatic heterocycles. The summed E-state index contributed by atoms with van der Waals surface area (Å²) in [4.78, 5) is 59.6. The van der Waals surface area contributed by atoms with Crippen LogP contribution in [0.2, 0.25) is 0 Å². The molecule has 7 nitrogen and oxygen atoms in total. The number of hydrogen-bond acceptors (Lipinski definition) is 6. The van der Waals surface area contributed by atoms with E-state index in [-0.39, 0.29) is 42.3 Å². The summed E-state index contributed by atoms with van der Waals surface area (Å²) in [6.45, 7) is 2.06. The van der Waals surface area contributed by atoms with Gasteiger partial charge in [0.1, 0.15) is 5.75 Å². The van der Waals surface area contributed by atoms with Gasteiger partial charge in [0.2, 0.25) is 23.6 Å². The van der Waals surface area contributed by atoms with Crippen LogP contribution in [-0.2, 0) is 25.7 Å². The molecule has 1 N–H and O–H groups in total. The third kappa shape index (κ3) is 3.74. The van der Waals surface area contributed by atoms with E-state index in [1.165, 1.54) is 21.1 Å². The van der Waals surface area contributed by atoms with Gasteiger partial charge < -0.3 is 5.11 Å². The maximum Gasteiger partial charge on any atom is 0.241 e. The lowest BCUT2D eigenvalue weighted by Crippen LogP contribution is -2.48. The minimum absolute atomic E-state index is 0.0217. The molecule has 41 heavy (non-hydrogen) atoms. The Labute approximate surface area is 249 Å². The number of carbonyl (C=O) groups is 4. The molecule has 2 aromatic carbocycles. The zero-order valence-electron chi connectivity index (χ0n) is 22.2. The zero-order chi connectivity index (χ0) is 28.6. The summed E-state index contributed by atoms with van der Waals surface area (Å²) in [5, 5.41) is 13.1. The molecule has 7 rings (SSSR count). The Hall–Kier alpha value is -3.56. The number of anilines is 1. The van der Waals surface area contributed by atoms with Gasteiger partial charge in [0, 0.05) is 20.8 Å². The van der Waals surface area contributed by atoms with E-state index < -0.39 is 35.0 Å². The zero-order valence-corrected chi connectivity index (χ0v) is 24.6. The number of thiophene rings is 1. The SMILES string of the molecule is C[C@@]12C(=O)N(c3ccccc3)C(=O)[C@@H]1C[C@@H]1C(=CC[C@@H]3C(=O)N(Cc4cccs4)C(=O)[C@@H]31)[C@@H]2c1cc(Br)ccc1O. The molecule has 2 aliphatic carbocycles. The third-order valence-electron chi connectivity index (χ3n) is 9.57. The van der Waals surface area contributed by atoms with Crippen molar-refractivity contribution >= 4 is 56.6 Å². The van der Waals surface area contributed by atoms with Gasteiger partial charge in [-0.15, -0.1) is 11.3 Å². The minimum atomic E-state index is -1.19. The lowest BCUT2D eigenvalue weighted by atomic mass is 9.51. The summed E-state index contributed by atoms with van der Waals surface area (Å²) in [7, 11) is 0. The lowest BCUT2D eigenvalue weighted by Gasteiger charge is -2.49. The van der Waals surface area contributed by atoms with Crippen LogP contribution in [0, 0.1) is 29.1 Å². The van der Waals surface area contributed by atoms with E-state index >= 15 is 0 Å². The highest BCUT2D eigenvalue weighted by molar-refractivity contribution is 9.10. The van der Waals surface area contributed by atoms with Crippen LogP contribution in [0.15, 0.2) is 82.2 Å². The fraction of sp³-hybridized carbons (Fsp3) is 0.312. The first-order chi connectivity index (χ1) is 19.7. The summed E-state index contributed by atoms with van der Waals surface area (Å²) in [6.07, 6.45) is 2.66. The number of rotatable bonds is 4. The van der Waals surface area contributed by atoms with Crippen molar-refractivity contribution in [2.75, 3.05) is 4.90 Å². The second-order valence-corrected chi connectivity index (χ2v) is 13.5. The molecule has 0 spiro atoms. The predicted octanol–water partition coefficient (Wildman–Crippen LogP) is 5.65. The van der Waals surface area contributed by atoms with Crippen molar-refractivity contribution in [1.29, 1.82) is 0 Å². The molecule has 3 fully saturated rings. The number of hydrogen-bond donors (Lipinski definition) is 1. The molecule has 1 saturated carbocycles. The van der Waals surface area contributed by atoms with E-state index in [4.69, 9.17) is 0 Å². The van der Waals surface area contributed by atoms with Crippen LogP contribution in [0.3, 0.4) is 0 Å². The largest absolute Gasteiger partial charge is 0.508 e. The minimum Gasteiger partial charge on any atom is -0.508 e. The molecule has 3 heterocycles. The lowest BCUT2D eigenvalue weighted by molar-refractivity contribution is -0.141. The van der Waals surface area contributed by atoms with Crippen molar-refractivity contribution in [3.8, 4) is 5.75 Å². The van der Waals surface area contributed by atoms with Gasteiger partial charge in [0.15, 0.2) is 0 Å². The number of allylic oxidation sites excluding steroid dienone is 2. The van der Waals surface area contributed by atoms with Crippen LogP contribution in [0.5, 0.6) is 5.75 Å². The quantitative estimate of drug-likeness (QED) is 0.297. The summed E-state index contributed by atoms with van der Waals surface area (Å²) in [5.41, 5.74) is 0.695. The third-order valence-corrected chi connectivity index (χ3v) is 10.9. The van der Waals surface area contributed by atoms with Gasteiger partial charge in [-0.2, -0.15) is 0 Å². The van der Waals surface area contributed by atoms with Gasteiger partial charge in [-0.3, -0.25) is 24.1 Å². The highest BCUT2D eigenvalue weighted by Crippen LogP contribution is 2.64. The van der Waals surface area contributed by atoms with E-state index in [0.29, 0.717) is 17.7 Å². The number of benzene rings is 2. The number of halogens is 1. The fourth-order valence-electron chi connectivity index (χ4n) is 7.72. The van der Waals surface area contributed by atoms with Crippen LogP contribution in [0.1, 0.15) is 36.1 Å². The van der Waals surface area contributed by atoms with E-state index in [1.807, 2.05) is 36.6 Å². The second kappa shape index (κ2) is 9.49. The first kappa shape index (κ1) is 26.3. The number of carbonyl (C=O) groups excluding carboxylic acids is 4. The predicted molar refractivity (Wildman–Crippen MR) is 157 cm³/mol. The maximum atomic E-state index is 14.4. The van der Waals surface area contributed by atoms with E-state index in [2.05, 4.69) is 15.9 Å². The first-order valence-electron chi connectivity index (χ1n) is 13.7. The molecule has 6 atom stereocenters. The Morgan fingerprint density at radius 3 is 2.49 bits per heavy atom. The number of amides is 4. The van der Waals surface area contributed by atoms with E-state index in [9.17, 15) is 24.3 Å². The average molecular weight is 632 g/mol. The molecule has 0 radical (unpaired) electrons. The van der Waals surface area contributed by atoms with Crippen molar-refractivity contribution in [3.63, 3.8) is 0 Å². The Kier molecular flexibility index (Phi) is 6.10. The molecule has 0 bridgehead atoms. The van der Waals surface area contributed by atoms with Crippen molar-refractivity contribution in [3.05, 3.63) is 92.6 Å². The molecular weight excluding hydrogens is 604 g/mol. The summed E-state index contributed by atoms with van der Waals surface area (Å²) in [5.74, 6) is -3.92. The van der Waals surface area contributed by atoms with Gasteiger partial charge in [-0.05, 0) is 67.5 Å². The number of nitrogens with zero attached hydrogens (tertiary/aromatic N) is 2. The second-order valence-electron chi connectivity index (χ2n) is 11.5. The molecule has 4 amide bonds. The maximum absolute atomic E-state index is 14.4. The van der Waals surface area contributed by atoms with E-state index in [0.717, 1.165) is 14.9 Å². The van der Waals surface area contributed by atoms with Gasteiger partial charge in [0.25, 0.3) is 0 Å². The van der Waals surface area contributed by atoms with Crippen LogP contribution in [0.25, 0.3) is 0 Å². The topological polar surface area (TPSA) is 95.0 Å². The smallest absolute Gasteiger partial charge is 0.241 e. The molecular formula is C32H27BrN2O5S. The van der Waals surface area contributed by atoms with Crippen LogP contribution >= 0.6 is 27.3 Å². The average Bonchev–Trinajstić information content (AvgIpc) is 3.62. The molecule has 208 valence electrons. The molecule has 1 aromatic heterocycles. The Bertz CT molecular complexity index is 1640. The van der Waals surface area contributed by atoms with Gasteiger partial charge in [-0.1, -0.05) is 51.8 Å².